The van der Waals surface area contributed by atoms with Crippen molar-refractivity contribution in [1.29, 1.82) is 0 Å². The van der Waals surface area contributed by atoms with Gasteiger partial charge in [0.15, 0.2) is 0 Å². The quantitative estimate of drug-likeness (QED) is 0.652. The molecule has 1 aliphatic rings. The molecule has 0 radical (unpaired) electrons. The number of hydrogen-bond acceptors (Lipinski definition) is 4. The number of likely N-dealkylation sites (tertiary alicyclic amines) is 1. The highest BCUT2D eigenvalue weighted by atomic mass is 32.2. The second-order valence-corrected chi connectivity index (χ2v) is 5.86. The van der Waals surface area contributed by atoms with Gasteiger partial charge in [0.2, 0.25) is 15.9 Å². The maximum atomic E-state index is 11.7. The van der Waals surface area contributed by atoms with Crippen LogP contribution in [0.4, 0.5) is 0 Å². The minimum absolute atomic E-state index is 0.273. The monoisotopic (exact) mass is 249 g/mol. The lowest BCUT2D eigenvalue weighted by Gasteiger charge is -2.32. The van der Waals surface area contributed by atoms with Gasteiger partial charge in [0.05, 0.1) is 0 Å². The summed E-state index contributed by atoms with van der Waals surface area (Å²) in [4.78, 5) is 13.3. The van der Waals surface area contributed by atoms with Crippen molar-refractivity contribution in [2.45, 2.75) is 18.9 Å². The van der Waals surface area contributed by atoms with E-state index < -0.39 is 15.8 Å². The first-order chi connectivity index (χ1) is 7.48. The number of carbonyl (C=O) groups excluding carboxylic acids is 1. The van der Waals surface area contributed by atoms with E-state index in [0.29, 0.717) is 13.1 Å². The van der Waals surface area contributed by atoms with Crippen LogP contribution in [-0.4, -0.2) is 58.2 Å². The molecule has 0 aromatic heterocycles. The number of hydrogen-bond donors (Lipinski definition) is 2. The summed E-state index contributed by atoms with van der Waals surface area (Å²) >= 11 is 0. The number of piperidine rings is 1. The third kappa shape index (κ3) is 3.73. The van der Waals surface area contributed by atoms with Crippen LogP contribution in [0.3, 0.4) is 0 Å². The predicted octanol–water partition coefficient (Wildman–Crippen LogP) is -1.25. The second kappa shape index (κ2) is 5.60. The molecule has 0 aliphatic carbocycles. The first-order valence-corrected chi connectivity index (χ1v) is 7.00. The van der Waals surface area contributed by atoms with Crippen molar-refractivity contribution in [1.82, 2.24) is 14.9 Å². The van der Waals surface area contributed by atoms with E-state index >= 15 is 0 Å². The smallest absolute Gasteiger partial charge is 0.239 e. The second-order valence-electron chi connectivity index (χ2n) is 3.93. The lowest BCUT2D eigenvalue weighted by molar-refractivity contribution is -0.129. The summed E-state index contributed by atoms with van der Waals surface area (Å²) in [5, 5.41) is 3.11. The molecule has 1 rings (SSSR count). The number of carbonyl (C=O) groups is 1. The number of likely N-dealkylation sites (N-methyl/N-ethyl adjacent to an activating group) is 1. The van der Waals surface area contributed by atoms with Gasteiger partial charge in [-0.05, 0) is 26.9 Å². The molecule has 7 heteroatoms. The van der Waals surface area contributed by atoms with Gasteiger partial charge in [-0.15, -0.1) is 0 Å². The van der Waals surface area contributed by atoms with E-state index in [4.69, 9.17) is 0 Å². The van der Waals surface area contributed by atoms with E-state index in [1.807, 2.05) is 7.05 Å². The predicted molar refractivity (Wildman–Crippen MR) is 61.5 cm³/mol. The fraction of sp³-hybridized carbons (Fsp3) is 0.889. The molecule has 1 saturated heterocycles. The van der Waals surface area contributed by atoms with Crippen LogP contribution in [0, 0.1) is 0 Å². The van der Waals surface area contributed by atoms with Crippen LogP contribution in [0.15, 0.2) is 0 Å². The third-order valence-electron chi connectivity index (χ3n) is 2.81. The van der Waals surface area contributed by atoms with Crippen LogP contribution in [0.25, 0.3) is 0 Å². The Hall–Kier alpha value is -0.660. The Kier molecular flexibility index (Phi) is 4.69. The zero-order valence-corrected chi connectivity index (χ0v) is 10.5. The summed E-state index contributed by atoms with van der Waals surface area (Å²) in [5.41, 5.74) is 0. The maximum Gasteiger partial charge on any atom is 0.239 e. The molecule has 1 unspecified atom stereocenters. The average Bonchev–Trinajstić information content (AvgIpc) is 2.28. The molecule has 0 aromatic rings. The van der Waals surface area contributed by atoms with Gasteiger partial charge in [0, 0.05) is 19.1 Å². The van der Waals surface area contributed by atoms with Crippen LogP contribution < -0.4 is 10.0 Å². The summed E-state index contributed by atoms with van der Waals surface area (Å²) in [6, 6.07) is 0.273. The van der Waals surface area contributed by atoms with Crippen molar-refractivity contribution in [2.75, 3.05) is 32.9 Å². The summed E-state index contributed by atoms with van der Waals surface area (Å²) in [5.74, 6) is -0.783. The molecule has 94 valence electrons. The lowest BCUT2D eigenvalue weighted by Crippen LogP contribution is -2.49. The average molecular weight is 249 g/mol. The molecule has 1 atom stereocenters. The van der Waals surface area contributed by atoms with Crippen LogP contribution in [0.2, 0.25) is 0 Å². The summed E-state index contributed by atoms with van der Waals surface area (Å²) < 4.78 is 24.6. The van der Waals surface area contributed by atoms with Gasteiger partial charge in [-0.3, -0.25) is 4.79 Å². The van der Waals surface area contributed by atoms with Crippen molar-refractivity contribution in [3.8, 4) is 0 Å². The molecule has 1 fully saturated rings. The number of amides is 1. The fourth-order valence-corrected chi connectivity index (χ4v) is 2.42. The number of sulfonamides is 1. The van der Waals surface area contributed by atoms with Crippen LogP contribution in [-0.2, 0) is 14.8 Å². The first kappa shape index (κ1) is 13.4. The topological polar surface area (TPSA) is 78.5 Å². The molecule has 6 nitrogen and oxygen atoms in total. The summed E-state index contributed by atoms with van der Waals surface area (Å²) in [7, 11) is -0.289. The van der Waals surface area contributed by atoms with Gasteiger partial charge in [-0.2, -0.15) is 0 Å². The Morgan fingerprint density at radius 2 is 2.12 bits per heavy atom. The normalized spacial score (nSPS) is 22.1. The van der Waals surface area contributed by atoms with Crippen molar-refractivity contribution in [3.63, 3.8) is 0 Å². The number of rotatable bonds is 4. The minimum atomic E-state index is -3.45. The SMILES string of the molecule is CNC1CCCN(C(=O)CS(=O)(=O)NC)C1. The zero-order chi connectivity index (χ0) is 12.2. The highest BCUT2D eigenvalue weighted by Crippen LogP contribution is 2.10. The van der Waals surface area contributed by atoms with E-state index in [1.54, 1.807) is 4.90 Å². The standard InChI is InChI=1S/C9H19N3O3S/c1-10-8-4-3-5-12(6-8)9(13)7-16(14,15)11-2/h8,10-11H,3-7H2,1-2H3. The largest absolute Gasteiger partial charge is 0.340 e. The van der Waals surface area contributed by atoms with Crippen LogP contribution in [0.5, 0.6) is 0 Å². The molecule has 2 N–H and O–H groups in total. The van der Waals surface area contributed by atoms with Gasteiger partial charge in [0.25, 0.3) is 0 Å². The zero-order valence-electron chi connectivity index (χ0n) is 9.69. The van der Waals surface area contributed by atoms with Gasteiger partial charge in [-0.25, -0.2) is 13.1 Å². The summed E-state index contributed by atoms with van der Waals surface area (Å²) in [6.07, 6.45) is 1.94. The van der Waals surface area contributed by atoms with Gasteiger partial charge in [0.1, 0.15) is 5.75 Å². The highest BCUT2D eigenvalue weighted by molar-refractivity contribution is 7.90. The summed E-state index contributed by atoms with van der Waals surface area (Å²) in [6.45, 7) is 1.24. The Labute approximate surface area is 96.4 Å². The van der Waals surface area contributed by atoms with E-state index in [0.717, 1.165) is 12.8 Å². The molecular weight excluding hydrogens is 230 g/mol. The molecule has 16 heavy (non-hydrogen) atoms. The van der Waals surface area contributed by atoms with Gasteiger partial charge >= 0.3 is 0 Å². The van der Waals surface area contributed by atoms with E-state index in [-0.39, 0.29) is 11.9 Å². The lowest BCUT2D eigenvalue weighted by atomic mass is 10.1. The molecular formula is C9H19N3O3S. The van der Waals surface area contributed by atoms with Crippen molar-refractivity contribution < 1.29 is 13.2 Å². The van der Waals surface area contributed by atoms with Crippen molar-refractivity contribution >= 4 is 15.9 Å². The van der Waals surface area contributed by atoms with Gasteiger partial charge in [-0.1, -0.05) is 0 Å². The molecule has 1 amide bonds. The van der Waals surface area contributed by atoms with E-state index in [2.05, 4.69) is 10.0 Å². The molecule has 1 aliphatic heterocycles. The van der Waals surface area contributed by atoms with Crippen LogP contribution >= 0.6 is 0 Å². The first-order valence-electron chi connectivity index (χ1n) is 5.35. The van der Waals surface area contributed by atoms with Crippen molar-refractivity contribution in [2.24, 2.45) is 0 Å². The van der Waals surface area contributed by atoms with E-state index in [9.17, 15) is 13.2 Å². The highest BCUT2D eigenvalue weighted by Gasteiger charge is 2.25. The number of nitrogens with one attached hydrogen (secondary N) is 2. The van der Waals surface area contributed by atoms with E-state index in [1.165, 1.54) is 7.05 Å². The Morgan fingerprint density at radius 1 is 1.44 bits per heavy atom. The molecule has 0 aromatic carbocycles. The fourth-order valence-electron chi connectivity index (χ4n) is 1.77. The molecule has 1 heterocycles. The van der Waals surface area contributed by atoms with Gasteiger partial charge < -0.3 is 10.2 Å². The minimum Gasteiger partial charge on any atom is -0.340 e. The van der Waals surface area contributed by atoms with Crippen LogP contribution in [0.1, 0.15) is 12.8 Å². The number of nitrogens with zero attached hydrogens (tertiary/aromatic N) is 1. The Bertz CT molecular complexity index is 342. The van der Waals surface area contributed by atoms with Crippen molar-refractivity contribution in [3.05, 3.63) is 0 Å². The third-order valence-corrected chi connectivity index (χ3v) is 4.06. The molecule has 0 spiro atoms. The Morgan fingerprint density at radius 3 is 2.69 bits per heavy atom. The maximum absolute atomic E-state index is 11.7. The molecule has 0 bridgehead atoms. The molecule has 0 saturated carbocycles. The Balaban J connectivity index is 2.54.